The molecule has 1 rings (SSSR count). The summed E-state index contributed by atoms with van der Waals surface area (Å²) in [6.45, 7) is 10.9. The monoisotopic (exact) mass is 209 g/mol. The van der Waals surface area contributed by atoms with E-state index in [1.807, 2.05) is 0 Å². The molecule has 86 valence electrons. The summed E-state index contributed by atoms with van der Waals surface area (Å²) in [6, 6.07) is 3.25. The molecular formula is C12H23N3. The summed E-state index contributed by atoms with van der Waals surface area (Å²) < 4.78 is 0. The van der Waals surface area contributed by atoms with Gasteiger partial charge < -0.3 is 5.32 Å². The molecule has 15 heavy (non-hydrogen) atoms. The standard InChI is InChI=1S/C12H23N3/c1-5-10(2)15-9-12(3,4)14-8-11(15)6-7-13/h10-11,14H,5-6,8-9H2,1-4H3. The second kappa shape index (κ2) is 4.96. The first-order valence-electron chi connectivity index (χ1n) is 5.88. The summed E-state index contributed by atoms with van der Waals surface area (Å²) in [4.78, 5) is 2.49. The summed E-state index contributed by atoms with van der Waals surface area (Å²) in [5, 5.41) is 12.3. The molecule has 0 radical (unpaired) electrons. The van der Waals surface area contributed by atoms with Gasteiger partial charge in [0.25, 0.3) is 0 Å². The molecule has 0 saturated carbocycles. The number of hydrogen-bond acceptors (Lipinski definition) is 3. The van der Waals surface area contributed by atoms with Gasteiger partial charge in [-0.1, -0.05) is 6.92 Å². The number of rotatable bonds is 3. The molecule has 1 heterocycles. The van der Waals surface area contributed by atoms with Gasteiger partial charge in [0.15, 0.2) is 0 Å². The predicted molar refractivity (Wildman–Crippen MR) is 62.6 cm³/mol. The van der Waals surface area contributed by atoms with Crippen molar-refractivity contribution in [1.82, 2.24) is 10.2 Å². The van der Waals surface area contributed by atoms with E-state index < -0.39 is 0 Å². The zero-order chi connectivity index (χ0) is 11.5. The lowest BCUT2D eigenvalue weighted by atomic mass is 9.95. The first-order chi connectivity index (χ1) is 7.00. The number of nitrogens with zero attached hydrogens (tertiary/aromatic N) is 2. The fourth-order valence-corrected chi connectivity index (χ4v) is 2.20. The van der Waals surface area contributed by atoms with Crippen LogP contribution in [0.15, 0.2) is 0 Å². The van der Waals surface area contributed by atoms with Crippen LogP contribution in [0.25, 0.3) is 0 Å². The lowest BCUT2D eigenvalue weighted by molar-refractivity contribution is 0.0610. The summed E-state index contributed by atoms with van der Waals surface area (Å²) in [5.74, 6) is 0. The average Bonchev–Trinajstić information content (AvgIpc) is 2.19. The summed E-state index contributed by atoms with van der Waals surface area (Å²) in [7, 11) is 0. The van der Waals surface area contributed by atoms with Gasteiger partial charge in [0.1, 0.15) is 0 Å². The smallest absolute Gasteiger partial charge is 0.0638 e. The maximum absolute atomic E-state index is 8.82. The molecule has 1 N–H and O–H groups in total. The molecule has 1 fully saturated rings. The molecule has 2 unspecified atom stereocenters. The van der Waals surface area contributed by atoms with Crippen LogP contribution < -0.4 is 5.32 Å². The Balaban J connectivity index is 2.69. The second-order valence-electron chi connectivity index (χ2n) is 5.21. The zero-order valence-corrected chi connectivity index (χ0v) is 10.4. The largest absolute Gasteiger partial charge is 0.309 e. The molecule has 1 aliphatic heterocycles. The van der Waals surface area contributed by atoms with Crippen LogP contribution in [0.3, 0.4) is 0 Å². The van der Waals surface area contributed by atoms with Gasteiger partial charge in [-0.05, 0) is 27.2 Å². The van der Waals surface area contributed by atoms with Crippen molar-refractivity contribution < 1.29 is 0 Å². The molecule has 0 aromatic heterocycles. The molecule has 1 aliphatic rings. The van der Waals surface area contributed by atoms with Gasteiger partial charge >= 0.3 is 0 Å². The molecule has 0 amide bonds. The maximum Gasteiger partial charge on any atom is 0.0638 e. The van der Waals surface area contributed by atoms with Crippen LogP contribution in [-0.2, 0) is 0 Å². The molecule has 0 aromatic carbocycles. The number of hydrogen-bond donors (Lipinski definition) is 1. The predicted octanol–water partition coefficient (Wildman–Crippen LogP) is 1.75. The van der Waals surface area contributed by atoms with Crippen LogP contribution >= 0.6 is 0 Å². The van der Waals surface area contributed by atoms with Crippen LogP contribution in [0.2, 0.25) is 0 Å². The highest BCUT2D eigenvalue weighted by Crippen LogP contribution is 2.20. The van der Waals surface area contributed by atoms with Crippen molar-refractivity contribution in [2.45, 2.75) is 58.2 Å². The van der Waals surface area contributed by atoms with E-state index in [9.17, 15) is 0 Å². The number of piperazine rings is 1. The third-order valence-corrected chi connectivity index (χ3v) is 3.35. The second-order valence-corrected chi connectivity index (χ2v) is 5.21. The van der Waals surface area contributed by atoms with Crippen LogP contribution in [0, 0.1) is 11.3 Å². The van der Waals surface area contributed by atoms with Crippen molar-refractivity contribution in [1.29, 1.82) is 5.26 Å². The average molecular weight is 209 g/mol. The Hall–Kier alpha value is -0.590. The van der Waals surface area contributed by atoms with Crippen molar-refractivity contribution in [2.24, 2.45) is 0 Å². The van der Waals surface area contributed by atoms with Gasteiger partial charge in [0.05, 0.1) is 12.5 Å². The van der Waals surface area contributed by atoms with Gasteiger partial charge in [0.2, 0.25) is 0 Å². The third kappa shape index (κ3) is 3.19. The molecular weight excluding hydrogens is 186 g/mol. The van der Waals surface area contributed by atoms with Crippen molar-refractivity contribution in [3.63, 3.8) is 0 Å². The van der Waals surface area contributed by atoms with Crippen molar-refractivity contribution in [2.75, 3.05) is 13.1 Å². The minimum absolute atomic E-state index is 0.176. The van der Waals surface area contributed by atoms with Crippen LogP contribution in [0.5, 0.6) is 0 Å². The topological polar surface area (TPSA) is 39.1 Å². The zero-order valence-electron chi connectivity index (χ0n) is 10.4. The van der Waals surface area contributed by atoms with E-state index in [0.29, 0.717) is 18.5 Å². The Bertz CT molecular complexity index is 242. The third-order valence-electron chi connectivity index (χ3n) is 3.35. The van der Waals surface area contributed by atoms with Crippen LogP contribution in [0.1, 0.15) is 40.5 Å². The maximum atomic E-state index is 8.82. The van der Waals surface area contributed by atoms with Crippen molar-refractivity contribution in [3.8, 4) is 6.07 Å². The quantitative estimate of drug-likeness (QED) is 0.769. The van der Waals surface area contributed by atoms with E-state index in [1.165, 1.54) is 0 Å². The van der Waals surface area contributed by atoms with Gasteiger partial charge in [-0.3, -0.25) is 4.90 Å². The van der Waals surface area contributed by atoms with Gasteiger partial charge in [0, 0.05) is 30.7 Å². The van der Waals surface area contributed by atoms with Crippen molar-refractivity contribution >= 4 is 0 Å². The van der Waals surface area contributed by atoms with Crippen LogP contribution in [0.4, 0.5) is 0 Å². The highest BCUT2D eigenvalue weighted by molar-refractivity contribution is 4.96. The Morgan fingerprint density at radius 3 is 2.80 bits per heavy atom. The van der Waals surface area contributed by atoms with E-state index in [0.717, 1.165) is 19.5 Å². The van der Waals surface area contributed by atoms with E-state index >= 15 is 0 Å². The Morgan fingerprint density at radius 2 is 2.27 bits per heavy atom. The first-order valence-corrected chi connectivity index (χ1v) is 5.88. The minimum Gasteiger partial charge on any atom is -0.309 e. The molecule has 0 aliphatic carbocycles. The lowest BCUT2D eigenvalue weighted by Crippen LogP contribution is -2.63. The Labute approximate surface area is 93.5 Å². The van der Waals surface area contributed by atoms with E-state index in [4.69, 9.17) is 5.26 Å². The first kappa shape index (κ1) is 12.5. The van der Waals surface area contributed by atoms with Gasteiger partial charge in [-0.2, -0.15) is 5.26 Å². The molecule has 2 atom stereocenters. The summed E-state index contributed by atoms with van der Waals surface area (Å²) in [6.07, 6.45) is 1.78. The molecule has 0 bridgehead atoms. The molecule has 0 aromatic rings. The molecule has 3 heteroatoms. The van der Waals surface area contributed by atoms with Gasteiger partial charge in [-0.25, -0.2) is 0 Å². The van der Waals surface area contributed by atoms with Crippen LogP contribution in [-0.4, -0.2) is 35.6 Å². The highest BCUT2D eigenvalue weighted by Gasteiger charge is 2.34. The van der Waals surface area contributed by atoms with E-state index in [2.05, 4.69) is 44.0 Å². The molecule has 1 saturated heterocycles. The van der Waals surface area contributed by atoms with Crippen molar-refractivity contribution in [3.05, 3.63) is 0 Å². The fourth-order valence-electron chi connectivity index (χ4n) is 2.20. The Kier molecular flexibility index (Phi) is 4.12. The van der Waals surface area contributed by atoms with E-state index in [1.54, 1.807) is 0 Å². The highest BCUT2D eigenvalue weighted by atomic mass is 15.3. The minimum atomic E-state index is 0.176. The lowest BCUT2D eigenvalue weighted by Gasteiger charge is -2.46. The normalized spacial score (nSPS) is 28.3. The molecule has 0 spiro atoms. The van der Waals surface area contributed by atoms with Gasteiger partial charge in [-0.15, -0.1) is 0 Å². The fraction of sp³-hybridized carbons (Fsp3) is 0.917. The number of nitrogens with one attached hydrogen (secondary N) is 1. The SMILES string of the molecule is CCC(C)N1CC(C)(C)NCC1CC#N. The number of nitriles is 1. The summed E-state index contributed by atoms with van der Waals surface area (Å²) in [5.41, 5.74) is 0.176. The molecule has 3 nitrogen and oxygen atoms in total. The Morgan fingerprint density at radius 1 is 1.60 bits per heavy atom. The van der Waals surface area contributed by atoms with E-state index in [-0.39, 0.29) is 5.54 Å². The summed E-state index contributed by atoms with van der Waals surface area (Å²) >= 11 is 0.